The molecule has 0 aliphatic carbocycles. The van der Waals surface area contributed by atoms with Crippen molar-refractivity contribution in [2.24, 2.45) is 0 Å². The summed E-state index contributed by atoms with van der Waals surface area (Å²) < 4.78 is 1.96. The van der Waals surface area contributed by atoms with Gasteiger partial charge < -0.3 is 15.2 Å². The molecule has 5 heteroatoms. The Hall–Kier alpha value is -2.56. The van der Waals surface area contributed by atoms with Gasteiger partial charge in [-0.1, -0.05) is 6.92 Å². The molecule has 2 rings (SSSR count). The van der Waals surface area contributed by atoms with Crippen molar-refractivity contribution in [2.45, 2.75) is 26.3 Å². The molecule has 0 aliphatic rings. The zero-order valence-electron chi connectivity index (χ0n) is 12.9. The molecule has 1 aromatic heterocycles. The molecule has 1 aromatic carbocycles. The van der Waals surface area contributed by atoms with Crippen molar-refractivity contribution in [1.29, 1.82) is 0 Å². The van der Waals surface area contributed by atoms with Crippen LogP contribution in [0.3, 0.4) is 0 Å². The Kier molecular flexibility index (Phi) is 5.36. The van der Waals surface area contributed by atoms with E-state index in [1.54, 1.807) is 19.1 Å². The monoisotopic (exact) mass is 299 g/mol. The molecule has 22 heavy (non-hydrogen) atoms. The summed E-state index contributed by atoms with van der Waals surface area (Å²) in [6.07, 6.45) is 4.75. The average molecular weight is 299 g/mol. The van der Waals surface area contributed by atoms with E-state index in [4.69, 9.17) is 0 Å². The maximum absolute atomic E-state index is 12.1. The molecule has 2 aromatic rings. The number of rotatable bonds is 6. The van der Waals surface area contributed by atoms with Crippen LogP contribution in [0.4, 0.5) is 0 Å². The van der Waals surface area contributed by atoms with Crippen molar-refractivity contribution in [1.82, 2.24) is 15.2 Å². The second kappa shape index (κ2) is 7.45. The number of hydrogen-bond donors (Lipinski definition) is 2. The van der Waals surface area contributed by atoms with Crippen LogP contribution in [-0.2, 0) is 4.79 Å². The van der Waals surface area contributed by atoms with E-state index in [9.17, 15) is 9.59 Å². The summed E-state index contributed by atoms with van der Waals surface area (Å²) in [6, 6.07) is 10.6. The molecule has 0 fully saturated rings. The molecular formula is C17H21N3O2. The molecule has 2 N–H and O–H groups in total. The molecule has 0 spiro atoms. The molecule has 0 radical (unpaired) electrons. The SMILES string of the molecule is CCCNC(=O)[C@@H](C)NC(=O)c1ccc(-n2cccc2)cc1. The van der Waals surface area contributed by atoms with E-state index >= 15 is 0 Å². The quantitative estimate of drug-likeness (QED) is 0.858. The lowest BCUT2D eigenvalue weighted by Gasteiger charge is -2.14. The van der Waals surface area contributed by atoms with Crippen LogP contribution in [0.1, 0.15) is 30.6 Å². The molecule has 0 aliphatic heterocycles. The lowest BCUT2D eigenvalue weighted by molar-refractivity contribution is -0.122. The topological polar surface area (TPSA) is 63.1 Å². The standard InChI is InChI=1S/C17H21N3O2/c1-3-10-18-16(21)13(2)19-17(22)14-6-8-15(9-7-14)20-11-4-5-12-20/h4-9,11-13H,3,10H2,1-2H3,(H,18,21)(H,19,22)/t13-/m1/s1. The van der Waals surface area contributed by atoms with Crippen LogP contribution in [0.2, 0.25) is 0 Å². The van der Waals surface area contributed by atoms with Crippen molar-refractivity contribution in [2.75, 3.05) is 6.54 Å². The Morgan fingerprint density at radius 3 is 2.36 bits per heavy atom. The molecule has 0 bridgehead atoms. The van der Waals surface area contributed by atoms with Crippen molar-refractivity contribution < 1.29 is 9.59 Å². The highest BCUT2D eigenvalue weighted by molar-refractivity contribution is 5.97. The first kappa shape index (κ1) is 15.8. The van der Waals surface area contributed by atoms with Gasteiger partial charge in [-0.15, -0.1) is 0 Å². The van der Waals surface area contributed by atoms with Gasteiger partial charge in [0.25, 0.3) is 5.91 Å². The number of carbonyl (C=O) groups is 2. The van der Waals surface area contributed by atoms with Gasteiger partial charge in [-0.25, -0.2) is 0 Å². The van der Waals surface area contributed by atoms with E-state index in [1.807, 2.05) is 48.1 Å². The highest BCUT2D eigenvalue weighted by Crippen LogP contribution is 2.10. The third-order valence-corrected chi connectivity index (χ3v) is 3.32. The smallest absolute Gasteiger partial charge is 0.251 e. The zero-order chi connectivity index (χ0) is 15.9. The minimum absolute atomic E-state index is 0.167. The Labute approximate surface area is 130 Å². The molecule has 0 unspecified atom stereocenters. The van der Waals surface area contributed by atoms with Crippen LogP contribution in [0.25, 0.3) is 5.69 Å². The van der Waals surface area contributed by atoms with Gasteiger partial charge in [0.05, 0.1) is 0 Å². The van der Waals surface area contributed by atoms with Crippen molar-refractivity contribution in [3.63, 3.8) is 0 Å². The van der Waals surface area contributed by atoms with Gasteiger partial charge >= 0.3 is 0 Å². The number of hydrogen-bond acceptors (Lipinski definition) is 2. The molecule has 0 saturated carbocycles. The van der Waals surface area contributed by atoms with Crippen LogP contribution < -0.4 is 10.6 Å². The normalized spacial score (nSPS) is 11.7. The Morgan fingerprint density at radius 2 is 1.77 bits per heavy atom. The fourth-order valence-corrected chi connectivity index (χ4v) is 2.04. The van der Waals surface area contributed by atoms with Crippen molar-refractivity contribution >= 4 is 11.8 Å². The number of aromatic nitrogens is 1. The van der Waals surface area contributed by atoms with Crippen LogP contribution in [-0.4, -0.2) is 29.0 Å². The van der Waals surface area contributed by atoms with Crippen LogP contribution in [0, 0.1) is 0 Å². The predicted molar refractivity (Wildman–Crippen MR) is 86.0 cm³/mol. The highest BCUT2D eigenvalue weighted by Gasteiger charge is 2.15. The second-order valence-electron chi connectivity index (χ2n) is 5.12. The maximum Gasteiger partial charge on any atom is 0.251 e. The number of carbonyl (C=O) groups excluding carboxylic acids is 2. The number of nitrogens with zero attached hydrogens (tertiary/aromatic N) is 1. The minimum Gasteiger partial charge on any atom is -0.354 e. The molecule has 1 atom stereocenters. The van der Waals surface area contributed by atoms with Gasteiger partial charge in [0.1, 0.15) is 6.04 Å². The van der Waals surface area contributed by atoms with Gasteiger partial charge in [0, 0.05) is 30.2 Å². The summed E-state index contributed by atoms with van der Waals surface area (Å²) in [6.45, 7) is 4.28. The fraction of sp³-hybridized carbons (Fsp3) is 0.294. The molecule has 2 amide bonds. The molecule has 5 nitrogen and oxygen atoms in total. The van der Waals surface area contributed by atoms with Crippen LogP contribution in [0.15, 0.2) is 48.8 Å². The lowest BCUT2D eigenvalue weighted by Crippen LogP contribution is -2.44. The summed E-state index contributed by atoms with van der Waals surface area (Å²) in [7, 11) is 0. The van der Waals surface area contributed by atoms with E-state index in [2.05, 4.69) is 10.6 Å². The first-order chi connectivity index (χ1) is 10.6. The fourth-order valence-electron chi connectivity index (χ4n) is 2.04. The predicted octanol–water partition coefficient (Wildman–Crippen LogP) is 2.12. The molecule has 116 valence electrons. The van der Waals surface area contributed by atoms with E-state index in [1.165, 1.54) is 0 Å². The van der Waals surface area contributed by atoms with Crippen LogP contribution >= 0.6 is 0 Å². The average Bonchev–Trinajstić information content (AvgIpc) is 3.07. The minimum atomic E-state index is -0.553. The third kappa shape index (κ3) is 3.97. The summed E-state index contributed by atoms with van der Waals surface area (Å²) in [5.74, 6) is -0.419. The van der Waals surface area contributed by atoms with Gasteiger partial charge in [-0.3, -0.25) is 9.59 Å². The van der Waals surface area contributed by atoms with Gasteiger partial charge in [0.2, 0.25) is 5.91 Å². The Bertz CT molecular complexity index is 618. The van der Waals surface area contributed by atoms with Gasteiger partial charge in [0.15, 0.2) is 0 Å². The zero-order valence-corrected chi connectivity index (χ0v) is 12.9. The first-order valence-corrected chi connectivity index (χ1v) is 7.43. The molecular weight excluding hydrogens is 278 g/mol. The highest BCUT2D eigenvalue weighted by atomic mass is 16.2. The Morgan fingerprint density at radius 1 is 1.14 bits per heavy atom. The summed E-state index contributed by atoms with van der Waals surface area (Å²) in [5, 5.41) is 5.46. The third-order valence-electron chi connectivity index (χ3n) is 3.32. The largest absolute Gasteiger partial charge is 0.354 e. The number of amides is 2. The maximum atomic E-state index is 12.1. The number of nitrogens with one attached hydrogen (secondary N) is 2. The van der Waals surface area contributed by atoms with E-state index < -0.39 is 6.04 Å². The molecule has 0 saturated heterocycles. The number of benzene rings is 1. The van der Waals surface area contributed by atoms with E-state index in [-0.39, 0.29) is 11.8 Å². The van der Waals surface area contributed by atoms with Gasteiger partial charge in [-0.05, 0) is 49.7 Å². The second-order valence-corrected chi connectivity index (χ2v) is 5.12. The van der Waals surface area contributed by atoms with Crippen molar-refractivity contribution in [3.8, 4) is 5.69 Å². The Balaban J connectivity index is 1.96. The summed E-state index contributed by atoms with van der Waals surface area (Å²) >= 11 is 0. The van der Waals surface area contributed by atoms with E-state index in [0.717, 1.165) is 12.1 Å². The molecule has 1 heterocycles. The summed E-state index contributed by atoms with van der Waals surface area (Å²) in [5.41, 5.74) is 1.52. The van der Waals surface area contributed by atoms with E-state index in [0.29, 0.717) is 12.1 Å². The lowest BCUT2D eigenvalue weighted by atomic mass is 10.1. The first-order valence-electron chi connectivity index (χ1n) is 7.43. The van der Waals surface area contributed by atoms with Crippen molar-refractivity contribution in [3.05, 3.63) is 54.4 Å². The van der Waals surface area contributed by atoms with Gasteiger partial charge in [-0.2, -0.15) is 0 Å². The summed E-state index contributed by atoms with van der Waals surface area (Å²) in [4.78, 5) is 23.9. The van der Waals surface area contributed by atoms with Crippen LogP contribution in [0.5, 0.6) is 0 Å².